The highest BCUT2D eigenvalue weighted by atomic mass is 35.5. The van der Waals surface area contributed by atoms with Gasteiger partial charge in [0.25, 0.3) is 0 Å². The van der Waals surface area contributed by atoms with Gasteiger partial charge < -0.3 is 0 Å². The predicted molar refractivity (Wildman–Crippen MR) is 94.6 cm³/mol. The second kappa shape index (κ2) is 6.19. The molecule has 0 aromatic heterocycles. The van der Waals surface area contributed by atoms with Crippen molar-refractivity contribution in [3.05, 3.63) is 64.7 Å². The summed E-state index contributed by atoms with van der Waals surface area (Å²) < 4.78 is 26.0. The monoisotopic (exact) mass is 370 g/mol. The molecule has 0 bridgehead atoms. The first-order chi connectivity index (χ1) is 11.9. The lowest BCUT2D eigenvalue weighted by Crippen LogP contribution is -2.14. The maximum absolute atomic E-state index is 13.0. The first-order valence-corrected chi connectivity index (χ1v) is 9.74. The first-order valence-electron chi connectivity index (χ1n) is 7.81. The number of benzene rings is 2. The summed E-state index contributed by atoms with van der Waals surface area (Å²) in [4.78, 5) is 0.0736. The number of hydrogen-bond donors (Lipinski definition) is 0. The molecule has 4 nitrogen and oxygen atoms in total. The normalized spacial score (nSPS) is 21.1. The third-order valence-electron chi connectivity index (χ3n) is 4.73. The maximum Gasteiger partial charge on any atom is 0.184 e. The van der Waals surface area contributed by atoms with E-state index in [0.717, 1.165) is 12.0 Å². The Morgan fingerprint density at radius 3 is 2.08 bits per heavy atom. The third kappa shape index (κ3) is 2.70. The molecule has 0 radical (unpaired) electrons. The van der Waals surface area contributed by atoms with Crippen molar-refractivity contribution in [2.24, 2.45) is 5.41 Å². The summed E-state index contributed by atoms with van der Waals surface area (Å²) in [5.74, 6) is -0.658. The molecule has 25 heavy (non-hydrogen) atoms. The SMILES string of the molecule is CCc1ccc([C@@H]2[C@@H](S(=O)(=O)c3ccc(Cl)cc3)C2(C#N)C#N)cc1. The lowest BCUT2D eigenvalue weighted by Gasteiger charge is -2.04. The lowest BCUT2D eigenvalue weighted by atomic mass is 10.0. The molecule has 1 aliphatic rings. The minimum absolute atomic E-state index is 0.0736. The van der Waals surface area contributed by atoms with Gasteiger partial charge in [0.2, 0.25) is 0 Å². The Labute approximate surface area is 152 Å². The molecule has 1 aliphatic carbocycles. The number of aryl methyl sites for hydroxylation is 1. The Balaban J connectivity index is 2.06. The molecule has 1 fully saturated rings. The van der Waals surface area contributed by atoms with Crippen LogP contribution in [0.25, 0.3) is 0 Å². The van der Waals surface area contributed by atoms with E-state index in [-0.39, 0.29) is 4.90 Å². The molecule has 1 saturated carbocycles. The molecule has 2 aromatic rings. The number of nitriles is 2. The molecule has 2 aromatic carbocycles. The average molecular weight is 371 g/mol. The topological polar surface area (TPSA) is 81.7 Å². The van der Waals surface area contributed by atoms with Crippen LogP contribution in [-0.2, 0) is 16.3 Å². The van der Waals surface area contributed by atoms with Gasteiger partial charge in [-0.05, 0) is 41.8 Å². The zero-order valence-corrected chi connectivity index (χ0v) is 15.1. The van der Waals surface area contributed by atoms with E-state index < -0.39 is 26.4 Å². The molecule has 126 valence electrons. The van der Waals surface area contributed by atoms with E-state index >= 15 is 0 Å². The molecule has 6 heteroatoms. The van der Waals surface area contributed by atoms with E-state index in [9.17, 15) is 18.9 Å². The van der Waals surface area contributed by atoms with Gasteiger partial charge in [0.05, 0.1) is 17.0 Å². The van der Waals surface area contributed by atoms with Gasteiger partial charge in [0.1, 0.15) is 5.25 Å². The van der Waals surface area contributed by atoms with Gasteiger partial charge in [0, 0.05) is 10.9 Å². The smallest absolute Gasteiger partial charge is 0.184 e. The summed E-state index contributed by atoms with van der Waals surface area (Å²) in [7, 11) is -3.83. The molecule has 0 amide bonds. The molecule has 3 rings (SSSR count). The lowest BCUT2D eigenvalue weighted by molar-refractivity contribution is 0.591. The Hall–Kier alpha value is -2.34. The number of nitrogens with zero attached hydrogens (tertiary/aromatic N) is 2. The fraction of sp³-hybridized carbons (Fsp3) is 0.263. The van der Waals surface area contributed by atoms with Crippen LogP contribution in [0.15, 0.2) is 53.4 Å². The number of sulfone groups is 1. The summed E-state index contributed by atoms with van der Waals surface area (Å²) in [6, 6.07) is 17.1. The van der Waals surface area contributed by atoms with Gasteiger partial charge in [-0.3, -0.25) is 0 Å². The van der Waals surface area contributed by atoms with Crippen LogP contribution in [0, 0.1) is 28.1 Å². The molecule has 2 atom stereocenters. The van der Waals surface area contributed by atoms with E-state index in [0.29, 0.717) is 10.6 Å². The third-order valence-corrected chi connectivity index (χ3v) is 7.22. The predicted octanol–water partition coefficient (Wildman–Crippen LogP) is 3.88. The molecule has 0 saturated heterocycles. The number of rotatable bonds is 4. The van der Waals surface area contributed by atoms with E-state index in [1.165, 1.54) is 24.3 Å². The van der Waals surface area contributed by atoms with Gasteiger partial charge in [-0.1, -0.05) is 42.8 Å². The number of halogens is 1. The zero-order valence-electron chi connectivity index (χ0n) is 13.5. The van der Waals surface area contributed by atoms with Crippen LogP contribution in [0.4, 0.5) is 0 Å². The van der Waals surface area contributed by atoms with Crippen LogP contribution in [0.1, 0.15) is 24.0 Å². The molecule has 0 N–H and O–H groups in total. The standard InChI is InChI=1S/C19H15ClN2O2S/c1-2-13-3-5-14(6-4-13)17-18(19(17,11-21)12-22)25(23,24)16-9-7-15(20)8-10-16/h3-10,17-18H,2H2,1H3/t17-,18-/m1/s1. The Morgan fingerprint density at radius 1 is 1.04 bits per heavy atom. The average Bonchev–Trinajstić information content (AvgIpc) is 3.33. The van der Waals surface area contributed by atoms with Gasteiger partial charge in [-0.15, -0.1) is 0 Å². The van der Waals surface area contributed by atoms with Crippen molar-refractivity contribution in [2.75, 3.05) is 0 Å². The fourth-order valence-corrected chi connectivity index (χ4v) is 5.57. The molecule has 0 spiro atoms. The van der Waals surface area contributed by atoms with Crippen LogP contribution in [0.3, 0.4) is 0 Å². The summed E-state index contributed by atoms with van der Waals surface area (Å²) in [6.07, 6.45) is 0.860. The van der Waals surface area contributed by atoms with Crippen molar-refractivity contribution in [1.29, 1.82) is 10.5 Å². The Bertz CT molecular complexity index is 970. The van der Waals surface area contributed by atoms with Crippen molar-refractivity contribution < 1.29 is 8.42 Å². The largest absolute Gasteiger partial charge is 0.223 e. The second-order valence-electron chi connectivity index (χ2n) is 6.08. The van der Waals surface area contributed by atoms with E-state index in [1.54, 1.807) is 0 Å². The highest BCUT2D eigenvalue weighted by molar-refractivity contribution is 7.92. The van der Waals surface area contributed by atoms with Crippen LogP contribution in [0.5, 0.6) is 0 Å². The zero-order chi connectivity index (χ0) is 18.2. The van der Waals surface area contributed by atoms with Crippen LogP contribution < -0.4 is 0 Å². The quantitative estimate of drug-likeness (QED) is 0.817. The van der Waals surface area contributed by atoms with Crippen molar-refractivity contribution in [1.82, 2.24) is 0 Å². The molecular weight excluding hydrogens is 356 g/mol. The summed E-state index contributed by atoms with van der Waals surface area (Å²) in [5.41, 5.74) is 0.246. The van der Waals surface area contributed by atoms with Crippen molar-refractivity contribution in [3.63, 3.8) is 0 Å². The highest BCUT2D eigenvalue weighted by Gasteiger charge is 2.73. The Morgan fingerprint density at radius 2 is 1.60 bits per heavy atom. The van der Waals surface area contributed by atoms with Crippen LogP contribution in [-0.4, -0.2) is 13.7 Å². The minimum atomic E-state index is -3.83. The van der Waals surface area contributed by atoms with E-state index in [4.69, 9.17) is 11.6 Å². The fourth-order valence-electron chi connectivity index (χ4n) is 3.24. The van der Waals surface area contributed by atoms with E-state index in [2.05, 4.69) is 0 Å². The van der Waals surface area contributed by atoms with Crippen molar-refractivity contribution >= 4 is 21.4 Å². The van der Waals surface area contributed by atoms with Gasteiger partial charge in [-0.2, -0.15) is 10.5 Å². The minimum Gasteiger partial charge on any atom is -0.223 e. The Kier molecular flexibility index (Phi) is 4.33. The van der Waals surface area contributed by atoms with Gasteiger partial charge >= 0.3 is 0 Å². The van der Waals surface area contributed by atoms with Gasteiger partial charge in [0.15, 0.2) is 15.3 Å². The van der Waals surface area contributed by atoms with Crippen LogP contribution in [0.2, 0.25) is 5.02 Å². The first kappa shape index (κ1) is 17.5. The van der Waals surface area contributed by atoms with Crippen molar-refractivity contribution in [3.8, 4) is 12.1 Å². The summed E-state index contributed by atoms with van der Waals surface area (Å²) in [6.45, 7) is 2.02. The van der Waals surface area contributed by atoms with Gasteiger partial charge in [-0.25, -0.2) is 8.42 Å². The molecular formula is C19H15ClN2O2S. The molecule has 0 unspecified atom stereocenters. The molecule has 0 heterocycles. The maximum atomic E-state index is 13.0. The van der Waals surface area contributed by atoms with Crippen LogP contribution >= 0.6 is 11.6 Å². The summed E-state index contributed by atoms with van der Waals surface area (Å²) >= 11 is 5.82. The number of hydrogen-bond acceptors (Lipinski definition) is 4. The molecule has 0 aliphatic heterocycles. The van der Waals surface area contributed by atoms with E-state index in [1.807, 2.05) is 43.3 Å². The summed E-state index contributed by atoms with van der Waals surface area (Å²) in [5, 5.41) is 18.5. The second-order valence-corrected chi connectivity index (χ2v) is 8.59. The highest BCUT2D eigenvalue weighted by Crippen LogP contribution is 2.63. The van der Waals surface area contributed by atoms with Crippen molar-refractivity contribution in [2.45, 2.75) is 29.4 Å².